The van der Waals surface area contributed by atoms with Crippen molar-refractivity contribution in [1.29, 1.82) is 0 Å². The van der Waals surface area contributed by atoms with Crippen LogP contribution in [-0.4, -0.2) is 102 Å². The van der Waals surface area contributed by atoms with Crippen LogP contribution in [0.25, 0.3) is 0 Å². The Hall–Kier alpha value is 2.13. The van der Waals surface area contributed by atoms with E-state index in [4.69, 9.17) is 4.55 Å². The molecule has 0 fully saturated rings. The Labute approximate surface area is 151 Å². The van der Waals surface area contributed by atoms with E-state index < -0.39 is 10.1 Å². The van der Waals surface area contributed by atoms with Gasteiger partial charge in [0.05, 0.1) is 0 Å². The molecule has 0 radical (unpaired) electrons. The van der Waals surface area contributed by atoms with Gasteiger partial charge in [0.1, 0.15) is 5.75 Å². The van der Waals surface area contributed by atoms with Crippen LogP contribution in [0, 0.1) is 0 Å². The van der Waals surface area contributed by atoms with Crippen molar-refractivity contribution in [2.75, 3.05) is 0 Å². The molecule has 1 aromatic rings. The summed E-state index contributed by atoms with van der Waals surface area (Å²) >= 11 is 0. The normalized spacial score (nSPS) is 8.93. The van der Waals surface area contributed by atoms with E-state index in [0.29, 0.717) is 5.56 Å². The molecule has 0 amide bonds. The summed E-state index contributed by atoms with van der Waals surface area (Å²) in [5, 5.41) is 0. The quantitative estimate of drug-likeness (QED) is 0.543. The SMILES string of the molecule is O=S(=O)(O)Cc1ccccc1.[NaH].[NaH].[NaH]. The molecule has 0 spiro atoms. The van der Waals surface area contributed by atoms with E-state index in [0.717, 1.165) is 0 Å². The van der Waals surface area contributed by atoms with Crippen LogP contribution < -0.4 is 0 Å². The maximum absolute atomic E-state index is 10.4. The molecule has 0 aliphatic rings. The van der Waals surface area contributed by atoms with E-state index in [1.54, 1.807) is 30.3 Å². The van der Waals surface area contributed by atoms with Crippen LogP contribution in [0.5, 0.6) is 0 Å². The third-order valence-corrected chi connectivity index (χ3v) is 1.89. The van der Waals surface area contributed by atoms with E-state index in [-0.39, 0.29) is 94.4 Å². The first-order valence-corrected chi connectivity index (χ1v) is 4.68. The topological polar surface area (TPSA) is 54.4 Å². The van der Waals surface area contributed by atoms with E-state index in [2.05, 4.69) is 0 Å². The van der Waals surface area contributed by atoms with Gasteiger partial charge in [-0.05, 0) is 5.56 Å². The van der Waals surface area contributed by atoms with Crippen LogP contribution >= 0.6 is 0 Å². The molecule has 0 bridgehead atoms. The van der Waals surface area contributed by atoms with Crippen molar-refractivity contribution < 1.29 is 13.0 Å². The average molecular weight is 244 g/mol. The monoisotopic (exact) mass is 244 g/mol. The van der Waals surface area contributed by atoms with Crippen molar-refractivity contribution in [1.82, 2.24) is 0 Å². The molecule has 0 saturated heterocycles. The fourth-order valence-electron chi connectivity index (χ4n) is 0.785. The molecule has 3 nitrogen and oxygen atoms in total. The third-order valence-electron chi connectivity index (χ3n) is 1.19. The van der Waals surface area contributed by atoms with E-state index >= 15 is 0 Å². The Kier molecular flexibility index (Phi) is 15.7. The summed E-state index contributed by atoms with van der Waals surface area (Å²) in [5.74, 6) is -0.312. The van der Waals surface area contributed by atoms with Gasteiger partial charge in [0.2, 0.25) is 0 Å². The Balaban J connectivity index is -0.000000403. The zero-order valence-corrected chi connectivity index (χ0v) is 6.58. The van der Waals surface area contributed by atoms with Crippen LogP contribution in [0.4, 0.5) is 0 Å². The zero-order valence-electron chi connectivity index (χ0n) is 5.77. The van der Waals surface area contributed by atoms with Gasteiger partial charge in [0.25, 0.3) is 10.1 Å². The molecule has 14 heavy (non-hydrogen) atoms. The summed E-state index contributed by atoms with van der Waals surface area (Å²) in [6, 6.07) is 8.52. The Bertz CT molecular complexity index is 325. The van der Waals surface area contributed by atoms with Crippen molar-refractivity contribution in [3.8, 4) is 0 Å². The first-order valence-electron chi connectivity index (χ1n) is 3.07. The molecule has 1 rings (SSSR count). The molecule has 0 aromatic heterocycles. The van der Waals surface area contributed by atoms with Crippen LogP contribution in [0.2, 0.25) is 0 Å². The van der Waals surface area contributed by atoms with Gasteiger partial charge >= 0.3 is 88.7 Å². The second-order valence-electron chi connectivity index (χ2n) is 2.21. The minimum atomic E-state index is -3.88. The molecule has 0 aliphatic carbocycles. The predicted molar refractivity (Wildman–Crippen MR) is 63.1 cm³/mol. The molecule has 0 saturated carbocycles. The minimum absolute atomic E-state index is 0. The van der Waals surface area contributed by atoms with Gasteiger partial charge < -0.3 is 0 Å². The van der Waals surface area contributed by atoms with Crippen LogP contribution in [0.15, 0.2) is 30.3 Å². The van der Waals surface area contributed by atoms with Gasteiger partial charge in [-0.15, -0.1) is 0 Å². The Morgan fingerprint density at radius 1 is 1.00 bits per heavy atom. The van der Waals surface area contributed by atoms with Gasteiger partial charge in [0.15, 0.2) is 0 Å². The molecule has 7 heteroatoms. The van der Waals surface area contributed by atoms with Gasteiger partial charge in [-0.25, -0.2) is 0 Å². The number of hydrogen-bond acceptors (Lipinski definition) is 2. The molecule has 0 aliphatic heterocycles. The number of benzene rings is 1. The van der Waals surface area contributed by atoms with E-state index in [9.17, 15) is 8.42 Å². The fourth-order valence-corrected chi connectivity index (χ4v) is 1.40. The Morgan fingerprint density at radius 2 is 1.43 bits per heavy atom. The fraction of sp³-hybridized carbons (Fsp3) is 0.143. The summed E-state index contributed by atoms with van der Waals surface area (Å²) in [4.78, 5) is 0. The van der Waals surface area contributed by atoms with Crippen molar-refractivity contribution in [3.05, 3.63) is 35.9 Å². The van der Waals surface area contributed by atoms with Crippen molar-refractivity contribution in [3.63, 3.8) is 0 Å². The predicted octanol–water partition coefficient (Wildman–Crippen LogP) is -0.871. The molecule has 0 atom stereocenters. The molecule has 1 aromatic carbocycles. The number of hydrogen-bond donors (Lipinski definition) is 1. The van der Waals surface area contributed by atoms with Gasteiger partial charge in [0, 0.05) is 0 Å². The van der Waals surface area contributed by atoms with Gasteiger partial charge in [-0.3, -0.25) is 4.55 Å². The first kappa shape index (κ1) is 21.4. The summed E-state index contributed by atoms with van der Waals surface area (Å²) in [6.07, 6.45) is 0. The summed E-state index contributed by atoms with van der Waals surface area (Å²) in [7, 11) is -3.88. The zero-order chi connectivity index (χ0) is 8.32. The average Bonchev–Trinajstić information content (AvgIpc) is 1.85. The van der Waals surface area contributed by atoms with Crippen LogP contribution in [0.1, 0.15) is 5.56 Å². The second-order valence-corrected chi connectivity index (χ2v) is 3.66. The van der Waals surface area contributed by atoms with Crippen LogP contribution in [-0.2, 0) is 15.9 Å². The molecule has 66 valence electrons. The molecule has 1 N–H and O–H groups in total. The first-order chi connectivity index (χ1) is 5.08. The molecular weight excluding hydrogens is 233 g/mol. The molecule has 0 unspecified atom stereocenters. The maximum atomic E-state index is 10.4. The van der Waals surface area contributed by atoms with Gasteiger partial charge in [-0.1, -0.05) is 30.3 Å². The number of rotatable bonds is 2. The van der Waals surface area contributed by atoms with Crippen molar-refractivity contribution in [2.24, 2.45) is 0 Å². The second kappa shape index (κ2) is 10.3. The molecule has 0 heterocycles. The van der Waals surface area contributed by atoms with Crippen molar-refractivity contribution >= 4 is 98.8 Å². The standard InChI is InChI=1S/C7H8O3S.3Na.3H/c8-11(9,10)6-7-4-2-1-3-5-7;;;;;;/h1-5H,6H2,(H,8,9,10);;;;;;. The van der Waals surface area contributed by atoms with Gasteiger partial charge in [-0.2, -0.15) is 8.42 Å². The summed E-state index contributed by atoms with van der Waals surface area (Å²) in [6.45, 7) is 0. The van der Waals surface area contributed by atoms with E-state index in [1.165, 1.54) is 0 Å². The van der Waals surface area contributed by atoms with Crippen molar-refractivity contribution in [2.45, 2.75) is 5.75 Å². The third kappa shape index (κ3) is 10.6. The summed E-state index contributed by atoms with van der Waals surface area (Å²) < 4.78 is 29.2. The van der Waals surface area contributed by atoms with Crippen LogP contribution in [0.3, 0.4) is 0 Å². The summed E-state index contributed by atoms with van der Waals surface area (Å²) in [5.41, 5.74) is 0.593. The Morgan fingerprint density at radius 3 is 1.79 bits per heavy atom. The molecular formula is C7H11Na3O3S. The van der Waals surface area contributed by atoms with E-state index in [1.807, 2.05) is 0 Å².